The van der Waals surface area contributed by atoms with Crippen LogP contribution < -0.4 is 23.8 Å². The Balaban J connectivity index is 1.94. The van der Waals surface area contributed by atoms with Crippen molar-refractivity contribution in [2.24, 2.45) is 0 Å². The number of aliphatic hydroxyl groups is 1. The fourth-order valence-corrected chi connectivity index (χ4v) is 4.32. The molecule has 0 aliphatic carbocycles. The third-order valence-electron chi connectivity index (χ3n) is 6.01. The van der Waals surface area contributed by atoms with Crippen LogP contribution in [0, 0.1) is 0 Å². The number of carbonyl (C=O) groups is 2. The number of carbonyl (C=O) groups excluding carboxylic acids is 2. The molecule has 1 fully saturated rings. The fraction of sp³-hybridized carbons (Fsp3) is 0.241. The van der Waals surface area contributed by atoms with Crippen LogP contribution in [0.2, 0.25) is 0 Å². The largest absolute Gasteiger partial charge is 0.507 e. The maximum Gasteiger partial charge on any atom is 0.300 e. The van der Waals surface area contributed by atoms with Crippen LogP contribution in [-0.2, 0) is 9.59 Å². The molecule has 0 aromatic heterocycles. The summed E-state index contributed by atoms with van der Waals surface area (Å²) in [6.45, 7) is 3.85. The van der Waals surface area contributed by atoms with Crippen LogP contribution in [0.4, 0.5) is 5.69 Å². The molecule has 0 radical (unpaired) electrons. The van der Waals surface area contributed by atoms with Crippen molar-refractivity contribution in [3.8, 4) is 23.0 Å². The Morgan fingerprint density at radius 1 is 0.838 bits per heavy atom. The lowest BCUT2D eigenvalue weighted by atomic mass is 9.94. The molecule has 1 atom stereocenters. The van der Waals surface area contributed by atoms with Gasteiger partial charge in [0, 0.05) is 11.8 Å². The monoisotopic (exact) mass is 503 g/mol. The van der Waals surface area contributed by atoms with Gasteiger partial charge in [0.05, 0.1) is 44.6 Å². The lowest BCUT2D eigenvalue weighted by molar-refractivity contribution is -0.132. The first-order valence-corrected chi connectivity index (χ1v) is 11.7. The van der Waals surface area contributed by atoms with Crippen LogP contribution >= 0.6 is 0 Å². The summed E-state index contributed by atoms with van der Waals surface area (Å²) in [7, 11) is 4.47. The molecule has 3 aromatic carbocycles. The van der Waals surface area contributed by atoms with Crippen LogP contribution in [0.15, 0.2) is 72.3 Å². The summed E-state index contributed by atoms with van der Waals surface area (Å²) in [5, 5.41) is 11.5. The van der Waals surface area contributed by atoms with Crippen LogP contribution in [0.25, 0.3) is 5.76 Å². The summed E-state index contributed by atoms with van der Waals surface area (Å²) >= 11 is 0. The molecule has 3 aromatic rings. The third-order valence-corrected chi connectivity index (χ3v) is 6.01. The van der Waals surface area contributed by atoms with E-state index >= 15 is 0 Å². The average Bonchev–Trinajstić information content (AvgIpc) is 3.18. The Morgan fingerprint density at radius 3 is 2.11 bits per heavy atom. The molecule has 192 valence electrons. The molecule has 0 bridgehead atoms. The van der Waals surface area contributed by atoms with Gasteiger partial charge in [0.15, 0.2) is 0 Å². The standard InChI is InChI=1S/C29H29NO7/c1-17(2)37-20-11-9-18(10-12-20)26-25(27(31)23-16-22(35-4)13-14-24(23)36-5)28(32)29(33)30(26)19-7-6-8-21(15-19)34-3/h6-17,26,31H,1-5H3/b27-25+. The van der Waals surface area contributed by atoms with E-state index in [-0.39, 0.29) is 23.0 Å². The highest BCUT2D eigenvalue weighted by Crippen LogP contribution is 2.44. The van der Waals surface area contributed by atoms with E-state index in [9.17, 15) is 14.7 Å². The molecule has 0 saturated carbocycles. The van der Waals surface area contributed by atoms with E-state index in [2.05, 4.69) is 0 Å². The van der Waals surface area contributed by atoms with Gasteiger partial charge >= 0.3 is 0 Å². The van der Waals surface area contributed by atoms with Crippen molar-refractivity contribution in [3.05, 3.63) is 83.4 Å². The van der Waals surface area contributed by atoms with E-state index in [1.54, 1.807) is 66.7 Å². The Morgan fingerprint density at radius 2 is 1.49 bits per heavy atom. The quantitative estimate of drug-likeness (QED) is 0.259. The number of rotatable bonds is 8. The van der Waals surface area contributed by atoms with Crippen molar-refractivity contribution in [3.63, 3.8) is 0 Å². The maximum absolute atomic E-state index is 13.5. The number of hydrogen-bond acceptors (Lipinski definition) is 7. The van der Waals surface area contributed by atoms with E-state index in [0.717, 1.165) is 0 Å². The van der Waals surface area contributed by atoms with Crippen molar-refractivity contribution < 1.29 is 33.6 Å². The second kappa shape index (κ2) is 10.7. The van der Waals surface area contributed by atoms with E-state index in [1.165, 1.54) is 26.2 Å². The first-order valence-electron chi connectivity index (χ1n) is 11.7. The van der Waals surface area contributed by atoms with Gasteiger partial charge in [0.1, 0.15) is 28.8 Å². The summed E-state index contributed by atoms with van der Waals surface area (Å²) in [6, 6.07) is 17.9. The molecule has 1 aliphatic rings. The van der Waals surface area contributed by atoms with Crippen LogP contribution in [0.1, 0.15) is 31.0 Å². The highest BCUT2D eigenvalue weighted by molar-refractivity contribution is 6.51. The van der Waals surface area contributed by atoms with E-state index in [1.807, 2.05) is 13.8 Å². The predicted octanol–water partition coefficient (Wildman–Crippen LogP) is 5.13. The summed E-state index contributed by atoms with van der Waals surface area (Å²) in [5.41, 5.74) is 1.22. The van der Waals surface area contributed by atoms with Crippen molar-refractivity contribution in [1.29, 1.82) is 0 Å². The second-order valence-electron chi connectivity index (χ2n) is 8.67. The zero-order chi connectivity index (χ0) is 26.7. The molecule has 1 unspecified atom stereocenters. The Bertz CT molecular complexity index is 1340. The lowest BCUT2D eigenvalue weighted by Crippen LogP contribution is -2.29. The van der Waals surface area contributed by atoms with Crippen LogP contribution in [-0.4, -0.2) is 44.2 Å². The maximum atomic E-state index is 13.5. The number of methoxy groups -OCH3 is 3. The summed E-state index contributed by atoms with van der Waals surface area (Å²) in [5.74, 6) is -0.0184. The van der Waals surface area contributed by atoms with Gasteiger partial charge in [-0.3, -0.25) is 14.5 Å². The predicted molar refractivity (Wildman–Crippen MR) is 140 cm³/mol. The zero-order valence-corrected chi connectivity index (χ0v) is 21.3. The van der Waals surface area contributed by atoms with Crippen molar-refractivity contribution in [1.82, 2.24) is 0 Å². The van der Waals surface area contributed by atoms with Crippen molar-refractivity contribution in [2.75, 3.05) is 26.2 Å². The molecule has 4 rings (SSSR count). The van der Waals surface area contributed by atoms with E-state index in [0.29, 0.717) is 34.2 Å². The molecule has 1 saturated heterocycles. The smallest absolute Gasteiger partial charge is 0.300 e. The summed E-state index contributed by atoms with van der Waals surface area (Å²) < 4.78 is 21.8. The summed E-state index contributed by atoms with van der Waals surface area (Å²) in [4.78, 5) is 28.3. The molecule has 8 heteroatoms. The topological polar surface area (TPSA) is 94.5 Å². The Kier molecular flexibility index (Phi) is 7.38. The molecular formula is C29H29NO7. The number of hydrogen-bond donors (Lipinski definition) is 1. The van der Waals surface area contributed by atoms with Crippen molar-refractivity contribution in [2.45, 2.75) is 26.0 Å². The number of aliphatic hydroxyl groups excluding tert-OH is 1. The number of ether oxygens (including phenoxy) is 4. The molecule has 1 amide bonds. The first-order chi connectivity index (χ1) is 17.8. The van der Waals surface area contributed by atoms with Gasteiger partial charge in [-0.2, -0.15) is 0 Å². The minimum absolute atomic E-state index is 0.0196. The van der Waals surface area contributed by atoms with E-state index < -0.39 is 17.7 Å². The number of anilines is 1. The molecule has 1 aliphatic heterocycles. The number of benzene rings is 3. The molecule has 37 heavy (non-hydrogen) atoms. The minimum Gasteiger partial charge on any atom is -0.507 e. The Labute approximate surface area is 215 Å². The zero-order valence-electron chi connectivity index (χ0n) is 21.3. The van der Waals surface area contributed by atoms with Gasteiger partial charge in [-0.15, -0.1) is 0 Å². The number of ketones is 1. The molecule has 8 nitrogen and oxygen atoms in total. The highest BCUT2D eigenvalue weighted by atomic mass is 16.5. The molecule has 1 heterocycles. The highest BCUT2D eigenvalue weighted by Gasteiger charge is 2.47. The van der Waals surface area contributed by atoms with Gasteiger partial charge < -0.3 is 24.1 Å². The molecular weight excluding hydrogens is 474 g/mol. The Hall–Kier alpha value is -4.46. The van der Waals surface area contributed by atoms with Crippen molar-refractivity contribution >= 4 is 23.1 Å². The normalized spacial score (nSPS) is 16.7. The van der Waals surface area contributed by atoms with Gasteiger partial charge in [0.25, 0.3) is 11.7 Å². The SMILES string of the molecule is COc1cccc(N2C(=O)C(=O)/C(=C(/O)c3cc(OC)ccc3OC)C2c2ccc(OC(C)C)cc2)c1. The first kappa shape index (κ1) is 25.6. The van der Waals surface area contributed by atoms with Gasteiger partial charge in [-0.1, -0.05) is 18.2 Å². The molecule has 0 spiro atoms. The van der Waals surface area contributed by atoms with Crippen LogP contribution in [0.5, 0.6) is 23.0 Å². The van der Waals surface area contributed by atoms with E-state index in [4.69, 9.17) is 18.9 Å². The average molecular weight is 504 g/mol. The molecule has 1 N–H and O–H groups in total. The number of Topliss-reactive ketones (excluding diaryl/α,β-unsaturated/α-hetero) is 1. The van der Waals surface area contributed by atoms with Gasteiger partial charge in [-0.25, -0.2) is 0 Å². The second-order valence-corrected chi connectivity index (χ2v) is 8.67. The van der Waals surface area contributed by atoms with Gasteiger partial charge in [-0.05, 0) is 61.9 Å². The lowest BCUT2D eigenvalue weighted by Gasteiger charge is -2.26. The summed E-state index contributed by atoms with van der Waals surface area (Å²) in [6.07, 6.45) is -0.0196. The third kappa shape index (κ3) is 4.95. The van der Waals surface area contributed by atoms with Crippen LogP contribution in [0.3, 0.4) is 0 Å². The minimum atomic E-state index is -0.920. The number of nitrogens with zero attached hydrogens (tertiary/aromatic N) is 1. The number of amides is 1. The van der Waals surface area contributed by atoms with Gasteiger partial charge in [0.2, 0.25) is 0 Å². The fourth-order valence-electron chi connectivity index (χ4n) is 4.32.